The van der Waals surface area contributed by atoms with E-state index in [2.05, 4.69) is 20.8 Å². The summed E-state index contributed by atoms with van der Waals surface area (Å²) in [6.07, 6.45) is 0.681. The third-order valence-corrected chi connectivity index (χ3v) is 5.76. The van der Waals surface area contributed by atoms with Gasteiger partial charge >= 0.3 is 0 Å². The number of benzene rings is 2. The molecule has 1 aliphatic rings. The van der Waals surface area contributed by atoms with Crippen molar-refractivity contribution in [3.63, 3.8) is 0 Å². The Kier molecular flexibility index (Phi) is 6.46. The molecule has 1 aliphatic heterocycles. The Labute approximate surface area is 188 Å². The number of methoxy groups -OCH3 is 1. The number of halogens is 1. The van der Waals surface area contributed by atoms with E-state index in [0.717, 1.165) is 5.56 Å². The first kappa shape index (κ1) is 22.9. The fraction of sp³-hybridized carbons (Fsp3) is 0.360. The zero-order valence-corrected chi connectivity index (χ0v) is 19.3. The van der Waals surface area contributed by atoms with Crippen LogP contribution in [0, 0.1) is 0 Å². The average Bonchev–Trinajstić information content (AvgIpc) is 2.98. The molecular weight excluding hydrogens is 414 g/mol. The normalized spacial score (nSPS) is 18.5. The molecule has 0 aliphatic carbocycles. The maximum atomic E-state index is 13.1. The minimum atomic E-state index is -0.700. The van der Waals surface area contributed by atoms with Gasteiger partial charge in [0, 0.05) is 11.6 Å². The van der Waals surface area contributed by atoms with Crippen molar-refractivity contribution in [2.75, 3.05) is 13.7 Å². The van der Waals surface area contributed by atoms with E-state index in [4.69, 9.17) is 16.3 Å². The lowest BCUT2D eigenvalue weighted by atomic mass is 9.85. The molecule has 164 valence electrons. The smallest absolute Gasteiger partial charge is 0.295 e. The van der Waals surface area contributed by atoms with Gasteiger partial charge in [-0.2, -0.15) is 0 Å². The topological polar surface area (TPSA) is 66.8 Å². The van der Waals surface area contributed by atoms with Crippen molar-refractivity contribution in [2.24, 2.45) is 0 Å². The van der Waals surface area contributed by atoms with Gasteiger partial charge in [-0.1, -0.05) is 57.5 Å². The van der Waals surface area contributed by atoms with E-state index in [1.54, 1.807) is 30.3 Å². The highest BCUT2D eigenvalue weighted by Crippen LogP contribution is 2.42. The second-order valence-electron chi connectivity index (χ2n) is 8.71. The number of ether oxygens (including phenoxy) is 1. The molecule has 2 aromatic carbocycles. The summed E-state index contributed by atoms with van der Waals surface area (Å²) in [6, 6.07) is 11.8. The van der Waals surface area contributed by atoms with Crippen molar-refractivity contribution in [3.8, 4) is 5.75 Å². The molecule has 1 amide bonds. The van der Waals surface area contributed by atoms with E-state index in [9.17, 15) is 14.7 Å². The Balaban J connectivity index is 2.27. The number of ketones is 1. The summed E-state index contributed by atoms with van der Waals surface area (Å²) in [5.74, 6) is -1.12. The second kappa shape index (κ2) is 8.75. The number of aliphatic hydroxyl groups is 1. The SMILES string of the molecule is CCCN1C(=O)C(=O)/C(=C(/O)c2cc(C(C)(C)C)ccc2OC)C1c1ccc(Cl)cc1. The summed E-state index contributed by atoms with van der Waals surface area (Å²) in [7, 11) is 1.51. The number of carbonyl (C=O) groups is 2. The zero-order chi connectivity index (χ0) is 22.9. The first-order chi connectivity index (χ1) is 14.6. The van der Waals surface area contributed by atoms with Crippen molar-refractivity contribution < 1.29 is 19.4 Å². The molecule has 5 nitrogen and oxygen atoms in total. The van der Waals surface area contributed by atoms with Crippen molar-refractivity contribution >= 4 is 29.1 Å². The van der Waals surface area contributed by atoms with E-state index in [-0.39, 0.29) is 16.7 Å². The lowest BCUT2D eigenvalue weighted by Crippen LogP contribution is -2.30. The Hall–Kier alpha value is -2.79. The number of amides is 1. The number of aliphatic hydroxyl groups excluding tert-OH is 1. The molecule has 2 aromatic rings. The Morgan fingerprint density at radius 2 is 1.77 bits per heavy atom. The molecule has 1 atom stereocenters. The zero-order valence-electron chi connectivity index (χ0n) is 18.5. The van der Waals surface area contributed by atoms with Crippen LogP contribution in [0.4, 0.5) is 0 Å². The summed E-state index contributed by atoms with van der Waals surface area (Å²) in [6.45, 7) is 8.52. The van der Waals surface area contributed by atoms with Crippen molar-refractivity contribution in [2.45, 2.75) is 45.6 Å². The molecule has 0 aromatic heterocycles. The summed E-state index contributed by atoms with van der Waals surface area (Å²) < 4.78 is 5.47. The Morgan fingerprint density at radius 3 is 2.32 bits per heavy atom. The van der Waals surface area contributed by atoms with Gasteiger partial charge in [-0.25, -0.2) is 0 Å². The van der Waals surface area contributed by atoms with Gasteiger partial charge in [0.15, 0.2) is 0 Å². The highest BCUT2D eigenvalue weighted by atomic mass is 35.5. The molecule has 3 rings (SSSR count). The minimum Gasteiger partial charge on any atom is -0.507 e. The van der Waals surface area contributed by atoms with Crippen molar-refractivity contribution in [3.05, 3.63) is 69.8 Å². The lowest BCUT2D eigenvalue weighted by Gasteiger charge is -2.25. The van der Waals surface area contributed by atoms with Gasteiger partial charge in [0.05, 0.1) is 24.3 Å². The predicted molar refractivity (Wildman–Crippen MR) is 122 cm³/mol. The van der Waals surface area contributed by atoms with E-state index in [1.165, 1.54) is 12.0 Å². The maximum Gasteiger partial charge on any atom is 0.295 e. The monoisotopic (exact) mass is 441 g/mol. The van der Waals surface area contributed by atoms with E-state index in [0.29, 0.717) is 34.9 Å². The van der Waals surface area contributed by atoms with Crippen molar-refractivity contribution in [1.29, 1.82) is 0 Å². The van der Waals surface area contributed by atoms with Gasteiger partial charge in [0.2, 0.25) is 0 Å². The highest BCUT2D eigenvalue weighted by Gasteiger charge is 2.46. The van der Waals surface area contributed by atoms with Gasteiger partial charge in [-0.05, 0) is 47.2 Å². The summed E-state index contributed by atoms with van der Waals surface area (Å²) in [4.78, 5) is 27.4. The van der Waals surface area contributed by atoms with Crippen LogP contribution >= 0.6 is 11.6 Å². The molecule has 1 saturated heterocycles. The quantitative estimate of drug-likeness (QED) is 0.379. The number of rotatable bonds is 5. The molecule has 1 unspecified atom stereocenters. The molecule has 0 saturated carbocycles. The van der Waals surface area contributed by atoms with Gasteiger partial charge < -0.3 is 14.7 Å². The fourth-order valence-electron chi connectivity index (χ4n) is 3.85. The van der Waals surface area contributed by atoms with E-state index < -0.39 is 17.7 Å². The Bertz CT molecular complexity index is 1030. The Morgan fingerprint density at radius 1 is 1.13 bits per heavy atom. The van der Waals surface area contributed by atoms with E-state index >= 15 is 0 Å². The van der Waals surface area contributed by atoms with Crippen molar-refractivity contribution in [1.82, 2.24) is 4.90 Å². The molecule has 31 heavy (non-hydrogen) atoms. The average molecular weight is 442 g/mol. The number of carbonyl (C=O) groups excluding carboxylic acids is 2. The summed E-state index contributed by atoms with van der Waals surface area (Å²) in [5.41, 5.74) is 1.96. The third kappa shape index (κ3) is 4.33. The van der Waals surface area contributed by atoms with Gasteiger partial charge in [-0.3, -0.25) is 9.59 Å². The largest absolute Gasteiger partial charge is 0.507 e. The minimum absolute atomic E-state index is 0.0603. The number of hydrogen-bond acceptors (Lipinski definition) is 4. The fourth-order valence-corrected chi connectivity index (χ4v) is 3.97. The first-order valence-corrected chi connectivity index (χ1v) is 10.7. The summed E-state index contributed by atoms with van der Waals surface area (Å²) >= 11 is 6.04. The second-order valence-corrected chi connectivity index (χ2v) is 9.15. The van der Waals surface area contributed by atoms with Crippen LogP contribution in [0.2, 0.25) is 5.02 Å². The molecule has 1 heterocycles. The van der Waals surface area contributed by atoms with Crippen LogP contribution in [0.25, 0.3) is 5.76 Å². The van der Waals surface area contributed by atoms with Crippen LogP contribution in [-0.4, -0.2) is 35.4 Å². The van der Waals surface area contributed by atoms with Crippen LogP contribution in [0.5, 0.6) is 5.75 Å². The number of likely N-dealkylation sites (tertiary alicyclic amines) is 1. The van der Waals surface area contributed by atoms with Gasteiger partial charge in [0.25, 0.3) is 11.7 Å². The number of hydrogen-bond donors (Lipinski definition) is 1. The van der Waals surface area contributed by atoms with E-state index in [1.807, 2.05) is 19.1 Å². The molecule has 6 heteroatoms. The summed E-state index contributed by atoms with van der Waals surface area (Å²) in [5, 5.41) is 11.9. The lowest BCUT2D eigenvalue weighted by molar-refractivity contribution is -0.139. The number of Topliss-reactive ketones (excluding diaryl/α,β-unsaturated/α-hetero) is 1. The van der Waals surface area contributed by atoms with Crippen LogP contribution in [-0.2, 0) is 15.0 Å². The van der Waals surface area contributed by atoms with Crippen LogP contribution in [0.15, 0.2) is 48.0 Å². The molecule has 0 bridgehead atoms. The first-order valence-electron chi connectivity index (χ1n) is 10.3. The molecule has 0 radical (unpaired) electrons. The van der Waals surface area contributed by atoms with Gasteiger partial charge in [-0.15, -0.1) is 0 Å². The standard InChI is InChI=1S/C25H28ClNO4/c1-6-13-27-21(15-7-10-17(26)11-8-15)20(23(29)24(27)30)22(28)18-14-16(25(2,3)4)9-12-19(18)31-5/h7-12,14,21,28H,6,13H2,1-5H3/b22-20+. The molecule has 0 spiro atoms. The van der Waals surface area contributed by atoms with Crippen LogP contribution in [0.3, 0.4) is 0 Å². The number of nitrogens with zero attached hydrogens (tertiary/aromatic N) is 1. The van der Waals surface area contributed by atoms with Crippen LogP contribution in [0.1, 0.15) is 56.8 Å². The van der Waals surface area contributed by atoms with Gasteiger partial charge in [0.1, 0.15) is 11.5 Å². The third-order valence-electron chi connectivity index (χ3n) is 5.51. The maximum absolute atomic E-state index is 13.1. The molecular formula is C25H28ClNO4. The highest BCUT2D eigenvalue weighted by molar-refractivity contribution is 6.46. The molecule has 1 fully saturated rings. The predicted octanol–water partition coefficient (Wildman–Crippen LogP) is 5.48. The molecule has 1 N–H and O–H groups in total. The van der Waals surface area contributed by atoms with Crippen LogP contribution < -0.4 is 4.74 Å².